The van der Waals surface area contributed by atoms with Gasteiger partial charge in [-0.05, 0) is 24.3 Å². The van der Waals surface area contributed by atoms with Gasteiger partial charge in [-0.2, -0.15) is 0 Å². The number of nitrogens with zero attached hydrogens (tertiary/aromatic N) is 5. The number of aryl methyl sites for hydroxylation is 1. The van der Waals surface area contributed by atoms with Crippen LogP contribution in [0.3, 0.4) is 0 Å². The molecule has 4 aromatic heterocycles. The van der Waals surface area contributed by atoms with Crippen LogP contribution in [0.1, 0.15) is 0 Å². The van der Waals surface area contributed by atoms with E-state index in [2.05, 4.69) is 4.98 Å². The van der Waals surface area contributed by atoms with Gasteiger partial charge < -0.3 is 14.3 Å². The molecule has 11 nitrogen and oxygen atoms in total. The predicted molar refractivity (Wildman–Crippen MR) is 136 cm³/mol. The van der Waals surface area contributed by atoms with Crippen LogP contribution in [0.25, 0.3) is 39.2 Å². The maximum absolute atomic E-state index is 13.8. The van der Waals surface area contributed by atoms with E-state index in [4.69, 9.17) is 4.74 Å². The highest BCUT2D eigenvalue weighted by Gasteiger charge is 2.28. The van der Waals surface area contributed by atoms with Gasteiger partial charge in [-0.25, -0.2) is 9.59 Å². The number of hydrogen-bond acceptors (Lipinski definition) is 5. The van der Waals surface area contributed by atoms with Gasteiger partial charge in [0.15, 0.2) is 0 Å². The number of hydrogen-bond donors (Lipinski definition) is 1. The van der Waals surface area contributed by atoms with Crippen LogP contribution < -0.4 is 27.2 Å². The second-order valence-electron chi connectivity index (χ2n) is 8.53. The lowest BCUT2D eigenvalue weighted by molar-refractivity contribution is 0.415. The van der Waals surface area contributed by atoms with E-state index in [1.54, 1.807) is 67.5 Å². The molecule has 11 heteroatoms. The first kappa shape index (κ1) is 23.0. The summed E-state index contributed by atoms with van der Waals surface area (Å²) in [6.07, 6.45) is 3.43. The van der Waals surface area contributed by atoms with Crippen molar-refractivity contribution in [2.24, 2.45) is 28.2 Å². The first-order chi connectivity index (χ1) is 17.2. The molecule has 0 saturated carbocycles. The van der Waals surface area contributed by atoms with Crippen LogP contribution in [0.4, 0.5) is 0 Å². The molecule has 0 saturated heterocycles. The minimum absolute atomic E-state index is 0.135. The number of ether oxygens (including phenoxy) is 1. The van der Waals surface area contributed by atoms with Gasteiger partial charge in [-0.15, -0.1) is 0 Å². The Morgan fingerprint density at radius 1 is 0.750 bits per heavy atom. The Balaban J connectivity index is 2.09. The van der Waals surface area contributed by atoms with E-state index < -0.39 is 22.5 Å². The average Bonchev–Trinajstić information content (AvgIpc) is 3.55. The SMILES string of the molecule is COc1cccc(-c2[nH]c3c(c2-c2c(-n4cccc4)n(C)c(=O)n(C)c2=O)c(=O)n(C)c(=O)n3C)c1. The Labute approximate surface area is 203 Å². The highest BCUT2D eigenvalue weighted by atomic mass is 16.5. The summed E-state index contributed by atoms with van der Waals surface area (Å²) >= 11 is 0. The molecule has 0 radical (unpaired) electrons. The van der Waals surface area contributed by atoms with Crippen LogP contribution in [0.2, 0.25) is 0 Å². The summed E-state index contributed by atoms with van der Waals surface area (Å²) in [7, 11) is 7.43. The fourth-order valence-corrected chi connectivity index (χ4v) is 4.60. The molecular weight excluding hydrogens is 464 g/mol. The molecule has 0 atom stereocenters. The molecular formula is C25H24N6O5. The van der Waals surface area contributed by atoms with Crippen LogP contribution >= 0.6 is 0 Å². The normalized spacial score (nSPS) is 11.4. The second kappa shape index (κ2) is 8.15. The lowest BCUT2D eigenvalue weighted by atomic mass is 9.99. The summed E-state index contributed by atoms with van der Waals surface area (Å²) in [6.45, 7) is 0. The van der Waals surface area contributed by atoms with Crippen LogP contribution in [0.15, 0.2) is 68.0 Å². The molecule has 1 N–H and O–H groups in total. The molecule has 1 aromatic carbocycles. The standard InChI is InChI=1S/C25H24N6O5/c1-27-20-17(22(32)29(3)24(27)34)16(19(26-20)14-9-8-10-15(13-14)36-5)18-21(31-11-6-7-12-31)28(2)25(35)30(4)23(18)33/h6-13,26H,1-5H3. The van der Waals surface area contributed by atoms with Crippen molar-refractivity contribution >= 4 is 11.0 Å². The quantitative estimate of drug-likeness (QED) is 0.407. The van der Waals surface area contributed by atoms with Gasteiger partial charge in [-0.1, -0.05) is 12.1 Å². The minimum atomic E-state index is -0.581. The lowest BCUT2D eigenvalue weighted by Crippen LogP contribution is -2.40. The van der Waals surface area contributed by atoms with Crippen molar-refractivity contribution in [2.45, 2.75) is 0 Å². The minimum Gasteiger partial charge on any atom is -0.497 e. The van der Waals surface area contributed by atoms with Crippen LogP contribution in [0.5, 0.6) is 5.75 Å². The third kappa shape index (κ3) is 3.13. The molecule has 5 aromatic rings. The zero-order chi connectivity index (χ0) is 25.9. The van der Waals surface area contributed by atoms with Crippen molar-refractivity contribution in [3.63, 3.8) is 0 Å². The van der Waals surface area contributed by atoms with Gasteiger partial charge in [0, 0.05) is 51.7 Å². The second-order valence-corrected chi connectivity index (χ2v) is 8.53. The summed E-state index contributed by atoms with van der Waals surface area (Å²) < 4.78 is 11.7. The monoisotopic (exact) mass is 488 g/mol. The third-order valence-electron chi connectivity index (χ3n) is 6.50. The molecule has 0 aliphatic heterocycles. The largest absolute Gasteiger partial charge is 0.497 e. The van der Waals surface area contributed by atoms with E-state index in [0.717, 1.165) is 9.13 Å². The Morgan fingerprint density at radius 3 is 2.06 bits per heavy atom. The summed E-state index contributed by atoms with van der Waals surface area (Å²) in [6, 6.07) is 10.7. The Bertz CT molecular complexity index is 1900. The topological polar surface area (TPSA) is 118 Å². The van der Waals surface area contributed by atoms with Gasteiger partial charge in [0.1, 0.15) is 17.2 Å². The van der Waals surface area contributed by atoms with Crippen LogP contribution in [0, 0.1) is 0 Å². The lowest BCUT2D eigenvalue weighted by Gasteiger charge is -2.17. The molecule has 0 fully saturated rings. The number of aromatic amines is 1. The number of methoxy groups -OCH3 is 1. The third-order valence-corrected chi connectivity index (χ3v) is 6.50. The van der Waals surface area contributed by atoms with E-state index in [9.17, 15) is 19.2 Å². The number of benzene rings is 1. The van der Waals surface area contributed by atoms with E-state index in [0.29, 0.717) is 17.0 Å². The molecule has 184 valence electrons. The number of H-pyrrole nitrogens is 1. The smallest absolute Gasteiger partial charge is 0.332 e. The highest BCUT2D eigenvalue weighted by Crippen LogP contribution is 2.38. The number of aromatic nitrogens is 6. The Hall–Kier alpha value is -4.80. The first-order valence-electron chi connectivity index (χ1n) is 11.1. The van der Waals surface area contributed by atoms with Crippen molar-refractivity contribution in [1.82, 2.24) is 27.8 Å². The molecule has 0 aliphatic rings. The van der Waals surface area contributed by atoms with Gasteiger partial charge in [0.25, 0.3) is 11.1 Å². The fourth-order valence-electron chi connectivity index (χ4n) is 4.60. The Morgan fingerprint density at radius 2 is 1.39 bits per heavy atom. The molecule has 36 heavy (non-hydrogen) atoms. The van der Waals surface area contributed by atoms with Crippen molar-refractivity contribution in [1.29, 1.82) is 0 Å². The summed E-state index contributed by atoms with van der Waals surface area (Å²) in [5.41, 5.74) is -0.441. The number of rotatable bonds is 4. The van der Waals surface area contributed by atoms with Gasteiger partial charge >= 0.3 is 11.4 Å². The van der Waals surface area contributed by atoms with Gasteiger partial charge in [-0.3, -0.25) is 27.9 Å². The molecule has 0 aliphatic carbocycles. The maximum atomic E-state index is 13.8. The van der Waals surface area contributed by atoms with Crippen molar-refractivity contribution in [3.8, 4) is 34.0 Å². The van der Waals surface area contributed by atoms with Crippen molar-refractivity contribution in [3.05, 3.63) is 90.5 Å². The zero-order valence-corrected chi connectivity index (χ0v) is 20.4. The summed E-state index contributed by atoms with van der Waals surface area (Å²) in [5.74, 6) is 0.854. The Kier molecular flexibility index (Phi) is 5.20. The molecule has 0 unspecified atom stereocenters. The van der Waals surface area contributed by atoms with Crippen molar-refractivity contribution in [2.75, 3.05) is 7.11 Å². The summed E-state index contributed by atoms with van der Waals surface area (Å²) in [5, 5.41) is 0.154. The zero-order valence-electron chi connectivity index (χ0n) is 20.4. The summed E-state index contributed by atoms with van der Waals surface area (Å²) in [4.78, 5) is 56.2. The van der Waals surface area contributed by atoms with E-state index in [-0.39, 0.29) is 28.0 Å². The average molecular weight is 489 g/mol. The van der Waals surface area contributed by atoms with E-state index >= 15 is 0 Å². The molecule has 0 bridgehead atoms. The molecule has 4 heterocycles. The highest BCUT2D eigenvalue weighted by molar-refractivity contribution is 6.03. The molecule has 0 spiro atoms. The van der Waals surface area contributed by atoms with Gasteiger partial charge in [0.2, 0.25) is 0 Å². The first-order valence-corrected chi connectivity index (χ1v) is 11.1. The predicted octanol–water partition coefficient (Wildman–Crippen LogP) is 1.10. The van der Waals surface area contributed by atoms with E-state index in [1.807, 2.05) is 0 Å². The number of nitrogens with one attached hydrogen (secondary N) is 1. The van der Waals surface area contributed by atoms with Crippen LogP contribution in [-0.2, 0) is 28.2 Å². The van der Waals surface area contributed by atoms with Crippen molar-refractivity contribution < 1.29 is 4.74 Å². The van der Waals surface area contributed by atoms with Crippen LogP contribution in [-0.4, -0.2) is 34.9 Å². The van der Waals surface area contributed by atoms with Gasteiger partial charge in [0.05, 0.1) is 23.8 Å². The number of fused-ring (bicyclic) bond motifs is 1. The maximum Gasteiger partial charge on any atom is 0.332 e. The molecule has 0 amide bonds. The molecule has 5 rings (SSSR count). The van der Waals surface area contributed by atoms with E-state index in [1.165, 1.54) is 30.3 Å². The fraction of sp³-hybridized carbons (Fsp3) is 0.200.